The van der Waals surface area contributed by atoms with Gasteiger partial charge in [0.2, 0.25) is 11.3 Å². The van der Waals surface area contributed by atoms with Crippen LogP contribution in [0.4, 0.5) is 5.69 Å². The molecule has 0 bridgehead atoms. The van der Waals surface area contributed by atoms with Crippen molar-refractivity contribution in [3.05, 3.63) is 62.4 Å². The number of rotatable bonds is 5. The Kier molecular flexibility index (Phi) is 4.68. The molecule has 142 valence electrons. The van der Waals surface area contributed by atoms with Gasteiger partial charge in [0.05, 0.1) is 30.0 Å². The van der Waals surface area contributed by atoms with E-state index in [0.717, 1.165) is 29.2 Å². The molecule has 0 saturated heterocycles. The summed E-state index contributed by atoms with van der Waals surface area (Å²) in [6.45, 7) is 0. The summed E-state index contributed by atoms with van der Waals surface area (Å²) in [5.74, 6) is -0.377. The quantitative estimate of drug-likeness (QED) is 0.417. The van der Waals surface area contributed by atoms with Crippen LogP contribution in [0.15, 0.2) is 45.8 Å². The summed E-state index contributed by atoms with van der Waals surface area (Å²) in [7, 11) is 0. The van der Waals surface area contributed by atoms with Gasteiger partial charge in [-0.05, 0) is 43.2 Å². The molecule has 9 heteroatoms. The highest BCUT2D eigenvalue weighted by molar-refractivity contribution is 9.10. The Hall–Kier alpha value is -3.07. The molecule has 0 aliphatic heterocycles. The lowest BCUT2D eigenvalue weighted by molar-refractivity contribution is -0.115. The van der Waals surface area contributed by atoms with Crippen LogP contribution in [0.1, 0.15) is 24.6 Å². The van der Waals surface area contributed by atoms with Crippen molar-refractivity contribution in [3.8, 4) is 0 Å². The molecule has 3 aromatic rings. The highest BCUT2D eigenvalue weighted by atomic mass is 79.9. The lowest BCUT2D eigenvalue weighted by atomic mass is 10.1. The van der Waals surface area contributed by atoms with Crippen LogP contribution >= 0.6 is 15.9 Å². The molecular formula is C19H17BrN6O2. The van der Waals surface area contributed by atoms with Crippen molar-refractivity contribution in [3.63, 3.8) is 0 Å². The van der Waals surface area contributed by atoms with Gasteiger partial charge in [0.15, 0.2) is 0 Å². The number of amides is 1. The maximum absolute atomic E-state index is 12.8. The number of nitrogens with one attached hydrogen (secondary N) is 3. The molecule has 1 aromatic carbocycles. The molecule has 0 radical (unpaired) electrons. The van der Waals surface area contributed by atoms with Crippen LogP contribution < -0.4 is 16.2 Å². The molecule has 0 spiro atoms. The molecule has 0 atom stereocenters. The van der Waals surface area contributed by atoms with Crippen molar-refractivity contribution in [2.75, 3.05) is 5.32 Å². The Morgan fingerprint density at radius 3 is 2.82 bits per heavy atom. The van der Waals surface area contributed by atoms with Crippen LogP contribution in [0.25, 0.3) is 10.9 Å². The molecule has 3 N–H and O–H groups in total. The number of pyridine rings is 1. The third-order valence-corrected chi connectivity index (χ3v) is 5.06. The van der Waals surface area contributed by atoms with Crippen molar-refractivity contribution >= 4 is 44.8 Å². The second-order valence-corrected chi connectivity index (χ2v) is 7.59. The number of nitrogens with zero attached hydrogens (tertiary/aromatic N) is 3. The minimum Gasteiger partial charge on any atom is -0.324 e. The number of benzene rings is 1. The van der Waals surface area contributed by atoms with Crippen LogP contribution in [-0.2, 0) is 11.2 Å². The van der Waals surface area contributed by atoms with E-state index in [1.807, 2.05) is 16.8 Å². The van der Waals surface area contributed by atoms with E-state index in [2.05, 4.69) is 26.3 Å². The molecule has 1 aliphatic rings. The van der Waals surface area contributed by atoms with Gasteiger partial charge in [-0.3, -0.25) is 29.7 Å². The molecule has 1 amide bonds. The molecule has 1 saturated carbocycles. The van der Waals surface area contributed by atoms with Gasteiger partial charge in [-0.2, -0.15) is 5.10 Å². The fraction of sp³-hybridized carbons (Fsp3) is 0.211. The smallest absolute Gasteiger partial charge is 0.230 e. The monoisotopic (exact) mass is 440 g/mol. The van der Waals surface area contributed by atoms with Crippen molar-refractivity contribution in [2.45, 2.75) is 25.3 Å². The number of aromatic nitrogens is 3. The summed E-state index contributed by atoms with van der Waals surface area (Å²) < 4.78 is 3.99. The van der Waals surface area contributed by atoms with Crippen molar-refractivity contribution < 1.29 is 4.79 Å². The number of hydrogen-bond donors (Lipinski definition) is 3. The standard InChI is InChI=1S/C19H17BrN6O2/c20-11-1-5-14-16(7-11)26(13-3-4-13)24-15(19(14)28)8-18(27)23-12-2-6-17(22)25(9-12)10-21/h1-2,5-7,9-10,13,21-22H,3-4,8H2,(H,23,27). The first kappa shape index (κ1) is 18.3. The highest BCUT2D eigenvalue weighted by Gasteiger charge is 2.27. The first-order chi connectivity index (χ1) is 13.5. The predicted octanol–water partition coefficient (Wildman–Crippen LogP) is 2.41. The number of carbonyl (C=O) groups excluding carboxylic acids is 1. The fourth-order valence-electron chi connectivity index (χ4n) is 3.04. The second kappa shape index (κ2) is 7.16. The van der Waals surface area contributed by atoms with E-state index in [9.17, 15) is 9.59 Å². The third-order valence-electron chi connectivity index (χ3n) is 4.56. The minimum atomic E-state index is -0.377. The Labute approximate surface area is 168 Å². The van der Waals surface area contributed by atoms with Gasteiger partial charge in [-0.1, -0.05) is 15.9 Å². The topological polar surface area (TPSA) is 117 Å². The van der Waals surface area contributed by atoms with Crippen LogP contribution in [0.2, 0.25) is 0 Å². The molecule has 28 heavy (non-hydrogen) atoms. The average molecular weight is 441 g/mol. The molecule has 1 aliphatic carbocycles. The molecule has 0 unspecified atom stereocenters. The number of carbonyl (C=O) groups is 1. The van der Waals surface area contributed by atoms with Crippen LogP contribution in [0, 0.1) is 10.8 Å². The maximum Gasteiger partial charge on any atom is 0.230 e. The van der Waals surface area contributed by atoms with E-state index >= 15 is 0 Å². The van der Waals surface area contributed by atoms with Gasteiger partial charge in [0.1, 0.15) is 11.2 Å². The van der Waals surface area contributed by atoms with Crippen molar-refractivity contribution in [1.82, 2.24) is 14.3 Å². The normalized spacial score (nSPS) is 13.5. The zero-order valence-electron chi connectivity index (χ0n) is 14.8. The Bertz CT molecular complexity index is 1230. The molecular weight excluding hydrogens is 424 g/mol. The van der Waals surface area contributed by atoms with Crippen molar-refractivity contribution in [2.24, 2.45) is 0 Å². The molecule has 1 fully saturated rings. The fourth-order valence-corrected chi connectivity index (χ4v) is 3.39. The van der Waals surface area contributed by atoms with Crippen molar-refractivity contribution in [1.29, 1.82) is 10.8 Å². The number of anilines is 1. The van der Waals surface area contributed by atoms with E-state index in [-0.39, 0.29) is 35.0 Å². The lowest BCUT2D eigenvalue weighted by Gasteiger charge is -2.12. The number of halogens is 1. The average Bonchev–Trinajstić information content (AvgIpc) is 3.50. The van der Waals surface area contributed by atoms with Crippen LogP contribution in [0.3, 0.4) is 0 Å². The van der Waals surface area contributed by atoms with Gasteiger partial charge in [0, 0.05) is 16.1 Å². The van der Waals surface area contributed by atoms with Gasteiger partial charge < -0.3 is 5.32 Å². The summed E-state index contributed by atoms with van der Waals surface area (Å²) in [6.07, 6.45) is 4.32. The molecule has 4 rings (SSSR count). The zero-order chi connectivity index (χ0) is 19.8. The summed E-state index contributed by atoms with van der Waals surface area (Å²) in [5, 5.41) is 22.7. The third kappa shape index (κ3) is 3.53. The summed E-state index contributed by atoms with van der Waals surface area (Å²) >= 11 is 3.43. The SMILES string of the molecule is N=Cn1cc(NC(=O)Cc2nn(C3CC3)c3cc(Br)ccc3c2=O)ccc1=N. The number of hydrogen-bond acceptors (Lipinski definition) is 5. The summed E-state index contributed by atoms with van der Waals surface area (Å²) in [4.78, 5) is 25.3. The molecule has 8 nitrogen and oxygen atoms in total. The van der Waals surface area contributed by atoms with E-state index in [4.69, 9.17) is 10.8 Å². The van der Waals surface area contributed by atoms with Crippen LogP contribution in [0.5, 0.6) is 0 Å². The lowest BCUT2D eigenvalue weighted by Crippen LogP contribution is -2.25. The second-order valence-electron chi connectivity index (χ2n) is 6.68. The van der Waals surface area contributed by atoms with Gasteiger partial charge in [0.25, 0.3) is 0 Å². The Morgan fingerprint density at radius 2 is 2.11 bits per heavy atom. The largest absolute Gasteiger partial charge is 0.324 e. The zero-order valence-corrected chi connectivity index (χ0v) is 16.4. The Balaban J connectivity index is 1.66. The van der Waals surface area contributed by atoms with E-state index in [1.165, 1.54) is 16.8 Å². The molecule has 2 heterocycles. The maximum atomic E-state index is 12.8. The van der Waals surface area contributed by atoms with Crippen LogP contribution in [-0.4, -0.2) is 26.6 Å². The summed E-state index contributed by atoms with van der Waals surface area (Å²) in [6, 6.07) is 8.76. The number of fused-ring (bicyclic) bond motifs is 1. The van der Waals surface area contributed by atoms with E-state index < -0.39 is 0 Å². The van der Waals surface area contributed by atoms with E-state index in [0.29, 0.717) is 11.1 Å². The van der Waals surface area contributed by atoms with Gasteiger partial charge >= 0.3 is 0 Å². The molecule has 2 aromatic heterocycles. The Morgan fingerprint density at radius 1 is 1.32 bits per heavy atom. The van der Waals surface area contributed by atoms with Gasteiger partial charge in [-0.25, -0.2) is 0 Å². The van der Waals surface area contributed by atoms with E-state index in [1.54, 1.807) is 12.1 Å². The minimum absolute atomic E-state index is 0.127. The first-order valence-electron chi connectivity index (χ1n) is 8.74. The first-order valence-corrected chi connectivity index (χ1v) is 9.54. The summed E-state index contributed by atoms with van der Waals surface area (Å²) in [5.41, 5.74) is 1.30. The predicted molar refractivity (Wildman–Crippen MR) is 109 cm³/mol. The van der Waals surface area contributed by atoms with Gasteiger partial charge in [-0.15, -0.1) is 0 Å². The highest BCUT2D eigenvalue weighted by Crippen LogP contribution is 2.36.